The molecule has 3 rings (SSSR count). The first-order chi connectivity index (χ1) is 10.7. The zero-order chi connectivity index (χ0) is 15.5. The van der Waals surface area contributed by atoms with Crippen LogP contribution in [0, 0.1) is 6.92 Å². The lowest BCUT2D eigenvalue weighted by molar-refractivity contribution is -0.104. The number of nitrogens with zero attached hydrogens (tertiary/aromatic N) is 2. The third-order valence-corrected chi connectivity index (χ3v) is 3.43. The molecule has 0 aliphatic carbocycles. The van der Waals surface area contributed by atoms with E-state index in [4.69, 9.17) is 4.74 Å². The molecule has 0 bridgehead atoms. The highest BCUT2D eigenvalue weighted by Crippen LogP contribution is 2.28. The summed E-state index contributed by atoms with van der Waals surface area (Å²) in [5, 5.41) is 7.92. The average Bonchev–Trinajstić information content (AvgIpc) is 2.94. The molecule has 0 saturated carbocycles. The third kappa shape index (κ3) is 2.48. The number of aryl methyl sites for hydroxylation is 1. The molecule has 0 spiro atoms. The van der Waals surface area contributed by atoms with E-state index in [0.717, 1.165) is 39.7 Å². The smallest absolute Gasteiger partial charge is 0.240 e. The summed E-state index contributed by atoms with van der Waals surface area (Å²) >= 11 is 0. The van der Waals surface area contributed by atoms with Gasteiger partial charge >= 0.3 is 0 Å². The standard InChI is InChI=1S/C17H15N3O2/c1-11-4-3-5-15(18-11)13(8-9-21)12-6-7-14-16(10-12)19-20-17(14)22-2/h3-10H,1-2H3,(H,19,20)/b13-8-. The normalized spacial score (nSPS) is 11.6. The molecule has 2 aromatic heterocycles. The molecule has 2 heterocycles. The molecule has 0 saturated heterocycles. The Kier molecular flexibility index (Phi) is 3.70. The minimum Gasteiger partial charge on any atom is -0.480 e. The van der Waals surface area contributed by atoms with Gasteiger partial charge in [-0.3, -0.25) is 14.9 Å². The van der Waals surface area contributed by atoms with Crippen LogP contribution in [0.2, 0.25) is 0 Å². The van der Waals surface area contributed by atoms with Crippen molar-refractivity contribution < 1.29 is 9.53 Å². The number of carbonyl (C=O) groups excluding carboxylic acids is 1. The largest absolute Gasteiger partial charge is 0.480 e. The molecule has 1 aromatic carbocycles. The first kappa shape index (κ1) is 14.0. The minimum atomic E-state index is 0.552. The molecule has 0 unspecified atom stereocenters. The van der Waals surface area contributed by atoms with Crippen LogP contribution < -0.4 is 4.74 Å². The summed E-state index contributed by atoms with van der Waals surface area (Å²) in [4.78, 5) is 15.5. The number of nitrogens with one attached hydrogen (secondary N) is 1. The van der Waals surface area contributed by atoms with Crippen molar-refractivity contribution in [2.45, 2.75) is 6.92 Å². The molecular formula is C17H15N3O2. The Labute approximate surface area is 127 Å². The second-order valence-corrected chi connectivity index (χ2v) is 4.87. The van der Waals surface area contributed by atoms with Gasteiger partial charge in [-0.25, -0.2) is 0 Å². The number of hydrogen-bond acceptors (Lipinski definition) is 4. The van der Waals surface area contributed by atoms with Crippen molar-refractivity contribution in [2.24, 2.45) is 0 Å². The van der Waals surface area contributed by atoms with Crippen LogP contribution >= 0.6 is 0 Å². The minimum absolute atomic E-state index is 0.552. The number of benzene rings is 1. The number of H-pyrrole nitrogens is 1. The van der Waals surface area contributed by atoms with E-state index in [-0.39, 0.29) is 0 Å². The molecule has 0 aliphatic heterocycles. The van der Waals surface area contributed by atoms with Gasteiger partial charge in [-0.05, 0) is 42.8 Å². The van der Waals surface area contributed by atoms with Crippen molar-refractivity contribution in [3.63, 3.8) is 0 Å². The van der Waals surface area contributed by atoms with Crippen LogP contribution in [0.1, 0.15) is 17.0 Å². The van der Waals surface area contributed by atoms with E-state index in [9.17, 15) is 4.79 Å². The lowest BCUT2D eigenvalue weighted by Gasteiger charge is -2.07. The van der Waals surface area contributed by atoms with Crippen LogP contribution in [-0.4, -0.2) is 28.6 Å². The molecule has 0 fully saturated rings. The van der Waals surface area contributed by atoms with Gasteiger partial charge in [0.25, 0.3) is 0 Å². The number of aromatic amines is 1. The number of ether oxygens (including phenoxy) is 1. The summed E-state index contributed by atoms with van der Waals surface area (Å²) in [6.45, 7) is 1.92. The van der Waals surface area contributed by atoms with E-state index < -0.39 is 0 Å². The summed E-state index contributed by atoms with van der Waals surface area (Å²) in [5.41, 5.74) is 4.17. The Balaban J connectivity index is 2.13. The lowest BCUT2D eigenvalue weighted by Crippen LogP contribution is -1.94. The Bertz CT molecular complexity index is 865. The van der Waals surface area contributed by atoms with Gasteiger partial charge in [0, 0.05) is 11.3 Å². The predicted octanol–water partition coefficient (Wildman–Crippen LogP) is 2.91. The predicted molar refractivity (Wildman–Crippen MR) is 84.8 cm³/mol. The number of carbonyl (C=O) groups is 1. The zero-order valence-electron chi connectivity index (χ0n) is 12.3. The van der Waals surface area contributed by atoms with E-state index >= 15 is 0 Å². The lowest BCUT2D eigenvalue weighted by atomic mass is 10.0. The van der Waals surface area contributed by atoms with Gasteiger partial charge < -0.3 is 4.74 Å². The van der Waals surface area contributed by atoms with E-state index in [0.29, 0.717) is 5.88 Å². The molecule has 5 nitrogen and oxygen atoms in total. The highest BCUT2D eigenvalue weighted by molar-refractivity contribution is 5.93. The molecule has 1 N–H and O–H groups in total. The highest BCUT2D eigenvalue weighted by atomic mass is 16.5. The summed E-state index contributed by atoms with van der Waals surface area (Å²) in [6, 6.07) is 11.5. The summed E-state index contributed by atoms with van der Waals surface area (Å²) < 4.78 is 5.19. The van der Waals surface area contributed by atoms with Crippen molar-refractivity contribution in [2.75, 3.05) is 7.11 Å². The molecule has 22 heavy (non-hydrogen) atoms. The Morgan fingerprint density at radius 1 is 1.27 bits per heavy atom. The molecule has 0 radical (unpaired) electrons. The topological polar surface area (TPSA) is 67.9 Å². The number of methoxy groups -OCH3 is 1. The zero-order valence-corrected chi connectivity index (χ0v) is 12.3. The van der Waals surface area contributed by atoms with Crippen molar-refractivity contribution in [3.05, 3.63) is 59.4 Å². The summed E-state index contributed by atoms with van der Waals surface area (Å²) in [5.74, 6) is 0.552. The first-order valence-electron chi connectivity index (χ1n) is 6.85. The van der Waals surface area contributed by atoms with E-state index in [1.807, 2.05) is 43.3 Å². The second-order valence-electron chi connectivity index (χ2n) is 4.87. The number of fused-ring (bicyclic) bond motifs is 1. The van der Waals surface area contributed by atoms with Crippen molar-refractivity contribution in [1.29, 1.82) is 0 Å². The van der Waals surface area contributed by atoms with Gasteiger partial charge in [-0.15, -0.1) is 5.10 Å². The van der Waals surface area contributed by atoms with Crippen LogP contribution in [0.4, 0.5) is 0 Å². The van der Waals surface area contributed by atoms with Crippen molar-refractivity contribution >= 4 is 22.8 Å². The van der Waals surface area contributed by atoms with Gasteiger partial charge in [-0.1, -0.05) is 12.1 Å². The molecule has 0 aliphatic rings. The SMILES string of the molecule is COc1n[nH]c2cc(/C(=C/C=O)c3cccc(C)n3)ccc12. The molecule has 3 aromatic rings. The second kappa shape index (κ2) is 5.81. The van der Waals surface area contributed by atoms with Crippen LogP contribution in [0.5, 0.6) is 5.88 Å². The van der Waals surface area contributed by atoms with Gasteiger partial charge in [0.15, 0.2) is 0 Å². The fraction of sp³-hybridized carbons (Fsp3) is 0.118. The maximum absolute atomic E-state index is 11.0. The number of aldehydes is 1. The highest BCUT2D eigenvalue weighted by Gasteiger charge is 2.11. The molecular weight excluding hydrogens is 278 g/mol. The molecule has 5 heteroatoms. The monoisotopic (exact) mass is 293 g/mol. The van der Waals surface area contributed by atoms with Crippen molar-refractivity contribution in [3.8, 4) is 5.88 Å². The van der Waals surface area contributed by atoms with Crippen LogP contribution in [0.3, 0.4) is 0 Å². The van der Waals surface area contributed by atoms with Gasteiger partial charge in [-0.2, -0.15) is 0 Å². The van der Waals surface area contributed by atoms with Gasteiger partial charge in [0.05, 0.1) is 23.7 Å². The summed E-state index contributed by atoms with van der Waals surface area (Å²) in [6.07, 6.45) is 2.30. The molecule has 0 atom stereocenters. The summed E-state index contributed by atoms with van der Waals surface area (Å²) in [7, 11) is 1.58. The fourth-order valence-electron chi connectivity index (χ4n) is 2.41. The van der Waals surface area contributed by atoms with Gasteiger partial charge in [0.1, 0.15) is 6.29 Å². The van der Waals surface area contributed by atoms with Crippen LogP contribution in [0.15, 0.2) is 42.5 Å². The van der Waals surface area contributed by atoms with E-state index in [1.165, 1.54) is 6.08 Å². The number of aromatic nitrogens is 3. The number of allylic oxidation sites excluding steroid dienone is 1. The quantitative estimate of drug-likeness (QED) is 0.593. The maximum Gasteiger partial charge on any atom is 0.240 e. The number of hydrogen-bond donors (Lipinski definition) is 1. The molecule has 110 valence electrons. The Morgan fingerprint density at radius 2 is 2.14 bits per heavy atom. The van der Waals surface area contributed by atoms with Crippen LogP contribution in [0.25, 0.3) is 16.5 Å². The molecule has 0 amide bonds. The van der Waals surface area contributed by atoms with E-state index in [2.05, 4.69) is 15.2 Å². The maximum atomic E-state index is 11.0. The average molecular weight is 293 g/mol. The number of pyridine rings is 1. The Hall–Kier alpha value is -2.95. The number of rotatable bonds is 4. The van der Waals surface area contributed by atoms with Crippen LogP contribution in [-0.2, 0) is 4.79 Å². The first-order valence-corrected chi connectivity index (χ1v) is 6.85. The third-order valence-electron chi connectivity index (χ3n) is 3.43. The van der Waals surface area contributed by atoms with Crippen molar-refractivity contribution in [1.82, 2.24) is 15.2 Å². The van der Waals surface area contributed by atoms with Gasteiger partial charge in [0.2, 0.25) is 5.88 Å². The fourth-order valence-corrected chi connectivity index (χ4v) is 2.41. The Morgan fingerprint density at radius 3 is 2.86 bits per heavy atom. The van der Waals surface area contributed by atoms with E-state index in [1.54, 1.807) is 7.11 Å².